The number of carboxylic acids is 1. The predicted octanol–water partition coefficient (Wildman–Crippen LogP) is 0.402. The first-order valence-electron chi connectivity index (χ1n) is 6.23. The normalized spacial score (nSPS) is 11.9. The summed E-state index contributed by atoms with van der Waals surface area (Å²) in [6, 6.07) is -0.230. The minimum atomic E-state index is -0.864. The van der Waals surface area contributed by atoms with Crippen molar-refractivity contribution < 1.29 is 24.2 Å². The van der Waals surface area contributed by atoms with E-state index in [9.17, 15) is 9.59 Å². The molecule has 0 aliphatic carbocycles. The zero-order valence-corrected chi connectivity index (χ0v) is 11.8. The lowest BCUT2D eigenvalue weighted by molar-refractivity contribution is -0.137. The molecule has 2 N–H and O–H groups in total. The molecule has 1 unspecified atom stereocenters. The molecule has 7 heteroatoms. The zero-order chi connectivity index (χ0) is 14.7. The molecule has 7 nitrogen and oxygen atoms in total. The van der Waals surface area contributed by atoms with Crippen LogP contribution >= 0.6 is 0 Å². The zero-order valence-electron chi connectivity index (χ0n) is 11.8. The number of urea groups is 1. The van der Waals surface area contributed by atoms with Crippen LogP contribution in [-0.2, 0) is 14.3 Å². The maximum absolute atomic E-state index is 11.9. The molecular weight excluding hydrogens is 252 g/mol. The molecule has 1 atom stereocenters. The van der Waals surface area contributed by atoms with E-state index in [-0.39, 0.29) is 18.4 Å². The molecule has 112 valence electrons. The molecule has 0 rings (SSSR count). The van der Waals surface area contributed by atoms with E-state index in [1.165, 1.54) is 0 Å². The molecule has 0 spiro atoms. The van der Waals surface area contributed by atoms with E-state index in [2.05, 4.69) is 5.32 Å². The summed E-state index contributed by atoms with van der Waals surface area (Å²) in [6.45, 7) is 3.95. The van der Waals surface area contributed by atoms with Gasteiger partial charge in [-0.2, -0.15) is 0 Å². The van der Waals surface area contributed by atoms with Crippen molar-refractivity contribution in [1.29, 1.82) is 0 Å². The van der Waals surface area contributed by atoms with E-state index >= 15 is 0 Å². The Labute approximate surface area is 113 Å². The van der Waals surface area contributed by atoms with Gasteiger partial charge in [0.15, 0.2) is 0 Å². The van der Waals surface area contributed by atoms with Crippen LogP contribution in [0.5, 0.6) is 0 Å². The summed E-state index contributed by atoms with van der Waals surface area (Å²) in [5.41, 5.74) is 0. The second-order valence-corrected chi connectivity index (χ2v) is 4.36. The Balaban J connectivity index is 4.10. The van der Waals surface area contributed by atoms with Gasteiger partial charge in [-0.25, -0.2) is 4.79 Å². The van der Waals surface area contributed by atoms with E-state index in [1.807, 2.05) is 0 Å². The highest BCUT2D eigenvalue weighted by molar-refractivity contribution is 5.74. The third kappa shape index (κ3) is 9.26. The first kappa shape index (κ1) is 17.7. The van der Waals surface area contributed by atoms with Crippen molar-refractivity contribution in [3.05, 3.63) is 0 Å². The highest BCUT2D eigenvalue weighted by Crippen LogP contribution is 2.00. The van der Waals surface area contributed by atoms with E-state index < -0.39 is 5.97 Å². The molecule has 0 radical (unpaired) electrons. The number of carbonyl (C=O) groups is 2. The van der Waals surface area contributed by atoms with Crippen LogP contribution in [0.3, 0.4) is 0 Å². The average molecular weight is 276 g/mol. The molecular formula is C12H24N2O5. The summed E-state index contributed by atoms with van der Waals surface area (Å²) in [6.07, 6.45) is 0.0381. The van der Waals surface area contributed by atoms with Crippen molar-refractivity contribution in [2.45, 2.75) is 13.3 Å². The summed E-state index contributed by atoms with van der Waals surface area (Å²) < 4.78 is 9.88. The van der Waals surface area contributed by atoms with E-state index in [1.54, 1.807) is 26.0 Å². The van der Waals surface area contributed by atoms with Gasteiger partial charge in [0.05, 0.1) is 13.2 Å². The highest BCUT2D eigenvalue weighted by Gasteiger charge is 2.14. The standard InChI is InChI=1S/C12H24N2O5/c1-10(8-11(15)16)9-13-12(17)14(4-6-18-2)5-7-19-3/h10H,4-9H2,1-3H3,(H,13,17)(H,15,16). The second kappa shape index (κ2) is 10.6. The molecule has 0 saturated heterocycles. The van der Waals surface area contributed by atoms with Gasteiger partial charge in [-0.05, 0) is 5.92 Å². The van der Waals surface area contributed by atoms with Crippen molar-refractivity contribution in [1.82, 2.24) is 10.2 Å². The lowest BCUT2D eigenvalue weighted by Gasteiger charge is -2.23. The number of nitrogens with one attached hydrogen (secondary N) is 1. The fourth-order valence-corrected chi connectivity index (χ4v) is 1.46. The summed E-state index contributed by atoms with van der Waals surface area (Å²) in [4.78, 5) is 24.0. The van der Waals surface area contributed by atoms with Crippen molar-refractivity contribution in [3.63, 3.8) is 0 Å². The van der Waals surface area contributed by atoms with Gasteiger partial charge in [0.25, 0.3) is 0 Å². The van der Waals surface area contributed by atoms with Crippen LogP contribution in [0.15, 0.2) is 0 Å². The Morgan fingerprint density at radius 2 is 1.74 bits per heavy atom. The second-order valence-electron chi connectivity index (χ2n) is 4.36. The van der Waals surface area contributed by atoms with Gasteiger partial charge < -0.3 is 24.8 Å². The minimum absolute atomic E-state index is 0.0381. The molecule has 0 heterocycles. The number of carbonyl (C=O) groups excluding carboxylic acids is 1. The summed E-state index contributed by atoms with van der Waals surface area (Å²) in [5, 5.41) is 11.4. The van der Waals surface area contributed by atoms with Gasteiger partial charge in [-0.15, -0.1) is 0 Å². The Morgan fingerprint density at radius 1 is 1.21 bits per heavy atom. The van der Waals surface area contributed by atoms with Gasteiger partial charge in [0, 0.05) is 40.3 Å². The number of amides is 2. The molecule has 19 heavy (non-hydrogen) atoms. The quantitative estimate of drug-likeness (QED) is 0.603. The lowest BCUT2D eigenvalue weighted by Crippen LogP contribution is -2.44. The number of aliphatic carboxylic acids is 1. The van der Waals surface area contributed by atoms with E-state index in [4.69, 9.17) is 14.6 Å². The number of nitrogens with zero attached hydrogens (tertiary/aromatic N) is 1. The first-order valence-corrected chi connectivity index (χ1v) is 6.23. The maximum Gasteiger partial charge on any atom is 0.317 e. The van der Waals surface area contributed by atoms with E-state index in [0.29, 0.717) is 32.8 Å². The Hall–Kier alpha value is -1.34. The predicted molar refractivity (Wildman–Crippen MR) is 70.1 cm³/mol. The van der Waals surface area contributed by atoms with Crippen molar-refractivity contribution in [2.24, 2.45) is 5.92 Å². The van der Waals surface area contributed by atoms with Gasteiger partial charge in [-0.1, -0.05) is 6.92 Å². The Morgan fingerprint density at radius 3 is 2.16 bits per heavy atom. The molecule has 0 aromatic carbocycles. The van der Waals surface area contributed by atoms with Crippen LogP contribution < -0.4 is 5.32 Å². The molecule has 0 aliphatic rings. The van der Waals surface area contributed by atoms with Gasteiger partial charge >= 0.3 is 12.0 Å². The van der Waals surface area contributed by atoms with Gasteiger partial charge in [0.2, 0.25) is 0 Å². The molecule has 0 aromatic heterocycles. The number of ether oxygens (including phenoxy) is 2. The number of rotatable bonds is 10. The topological polar surface area (TPSA) is 88.1 Å². The van der Waals surface area contributed by atoms with Crippen LogP contribution in [0.4, 0.5) is 4.79 Å². The van der Waals surface area contributed by atoms with Crippen molar-refractivity contribution in [2.75, 3.05) is 47.1 Å². The van der Waals surface area contributed by atoms with Crippen molar-refractivity contribution >= 4 is 12.0 Å². The largest absolute Gasteiger partial charge is 0.481 e. The van der Waals surface area contributed by atoms with Gasteiger partial charge in [-0.3, -0.25) is 4.79 Å². The number of hydrogen-bond donors (Lipinski definition) is 2. The molecule has 0 bridgehead atoms. The average Bonchev–Trinajstić information content (AvgIpc) is 2.35. The lowest BCUT2D eigenvalue weighted by atomic mass is 10.1. The van der Waals surface area contributed by atoms with Crippen LogP contribution in [-0.4, -0.2) is 69.1 Å². The van der Waals surface area contributed by atoms with Gasteiger partial charge in [0.1, 0.15) is 0 Å². The van der Waals surface area contributed by atoms with Crippen LogP contribution in [0, 0.1) is 5.92 Å². The van der Waals surface area contributed by atoms with E-state index in [0.717, 1.165) is 0 Å². The Bertz CT molecular complexity index is 265. The minimum Gasteiger partial charge on any atom is -0.481 e. The molecule has 0 aliphatic heterocycles. The molecule has 0 fully saturated rings. The number of carboxylic acid groups (broad SMARTS) is 1. The monoisotopic (exact) mass is 276 g/mol. The summed E-state index contributed by atoms with van der Waals surface area (Å²) in [7, 11) is 3.14. The van der Waals surface area contributed by atoms with Crippen LogP contribution in [0.2, 0.25) is 0 Å². The fraction of sp³-hybridized carbons (Fsp3) is 0.833. The third-order valence-corrected chi connectivity index (χ3v) is 2.54. The maximum atomic E-state index is 11.9. The molecule has 0 aromatic rings. The van der Waals surface area contributed by atoms with Crippen LogP contribution in [0.25, 0.3) is 0 Å². The SMILES string of the molecule is COCCN(CCOC)C(=O)NCC(C)CC(=O)O. The molecule has 2 amide bonds. The summed E-state index contributed by atoms with van der Waals surface area (Å²) >= 11 is 0. The number of methoxy groups -OCH3 is 2. The van der Waals surface area contributed by atoms with Crippen LogP contribution in [0.1, 0.15) is 13.3 Å². The third-order valence-electron chi connectivity index (χ3n) is 2.54. The first-order chi connectivity index (χ1) is 9.01. The van der Waals surface area contributed by atoms with Crippen molar-refractivity contribution in [3.8, 4) is 0 Å². The molecule has 0 saturated carbocycles. The fourth-order valence-electron chi connectivity index (χ4n) is 1.46. The number of hydrogen-bond acceptors (Lipinski definition) is 4. The Kier molecular flexibility index (Phi) is 9.82. The smallest absolute Gasteiger partial charge is 0.317 e. The summed E-state index contributed by atoms with van der Waals surface area (Å²) in [5.74, 6) is -0.967. The highest BCUT2D eigenvalue weighted by atomic mass is 16.5.